The Hall–Kier alpha value is -0.870. The highest BCUT2D eigenvalue weighted by Crippen LogP contribution is 2.32. The van der Waals surface area contributed by atoms with E-state index in [0.29, 0.717) is 38.2 Å². The average Bonchev–Trinajstić information content (AvgIpc) is 2.25. The lowest BCUT2D eigenvalue weighted by Crippen LogP contribution is -2.36. The van der Waals surface area contributed by atoms with Crippen molar-refractivity contribution in [1.82, 2.24) is 5.32 Å². The molecule has 18 heavy (non-hydrogen) atoms. The van der Waals surface area contributed by atoms with Crippen LogP contribution >= 0.6 is 0 Å². The minimum absolute atomic E-state index is 0.119. The second-order valence-electron chi connectivity index (χ2n) is 4.98. The summed E-state index contributed by atoms with van der Waals surface area (Å²) in [5, 5.41) is 2.87. The van der Waals surface area contributed by atoms with Crippen molar-refractivity contribution in [1.29, 1.82) is 0 Å². The smallest absolute Gasteiger partial charge is 0.220 e. The van der Waals surface area contributed by atoms with Crippen molar-refractivity contribution < 1.29 is 14.3 Å². The van der Waals surface area contributed by atoms with Crippen LogP contribution in [0.3, 0.4) is 0 Å². The summed E-state index contributed by atoms with van der Waals surface area (Å²) < 4.78 is 10.8. The maximum absolute atomic E-state index is 11.6. The molecule has 0 atom stereocenters. The highest BCUT2D eigenvalue weighted by molar-refractivity contribution is 5.76. The van der Waals surface area contributed by atoms with Crippen molar-refractivity contribution in [2.45, 2.75) is 39.2 Å². The van der Waals surface area contributed by atoms with E-state index in [-0.39, 0.29) is 5.91 Å². The molecule has 0 saturated heterocycles. The van der Waals surface area contributed by atoms with Crippen LogP contribution in [-0.2, 0) is 14.3 Å². The van der Waals surface area contributed by atoms with E-state index in [2.05, 4.69) is 11.9 Å². The molecule has 1 aliphatic rings. The van der Waals surface area contributed by atoms with Gasteiger partial charge in [-0.2, -0.15) is 0 Å². The molecule has 0 aromatic heterocycles. The zero-order valence-electron chi connectivity index (χ0n) is 11.5. The SMILES string of the molecule is C=C(C)COCCNC(=O)CC1CC(OCC)C1. The molecule has 0 aromatic rings. The summed E-state index contributed by atoms with van der Waals surface area (Å²) in [7, 11) is 0. The van der Waals surface area contributed by atoms with Gasteiger partial charge in [0.05, 0.1) is 19.3 Å². The lowest BCUT2D eigenvalue weighted by Gasteiger charge is -2.34. The van der Waals surface area contributed by atoms with E-state index in [1.807, 2.05) is 13.8 Å². The Labute approximate surface area is 110 Å². The van der Waals surface area contributed by atoms with E-state index >= 15 is 0 Å². The zero-order chi connectivity index (χ0) is 13.4. The van der Waals surface area contributed by atoms with Crippen LogP contribution in [0.4, 0.5) is 0 Å². The number of hydrogen-bond donors (Lipinski definition) is 1. The van der Waals surface area contributed by atoms with Crippen LogP contribution in [0.1, 0.15) is 33.1 Å². The summed E-state index contributed by atoms with van der Waals surface area (Å²) in [5.41, 5.74) is 0.998. The van der Waals surface area contributed by atoms with Crippen molar-refractivity contribution in [3.63, 3.8) is 0 Å². The van der Waals surface area contributed by atoms with Gasteiger partial charge in [0.25, 0.3) is 0 Å². The first-order valence-electron chi connectivity index (χ1n) is 6.72. The lowest BCUT2D eigenvalue weighted by atomic mass is 9.80. The molecule has 1 saturated carbocycles. The summed E-state index contributed by atoms with van der Waals surface area (Å²) in [5.74, 6) is 0.617. The Morgan fingerprint density at radius 2 is 2.17 bits per heavy atom. The molecule has 0 aliphatic heterocycles. The maximum Gasteiger partial charge on any atom is 0.220 e. The minimum Gasteiger partial charge on any atom is -0.378 e. The second kappa shape index (κ2) is 8.27. The molecule has 1 rings (SSSR count). The fraction of sp³-hybridized carbons (Fsp3) is 0.786. The van der Waals surface area contributed by atoms with Gasteiger partial charge < -0.3 is 14.8 Å². The highest BCUT2D eigenvalue weighted by Gasteiger charge is 2.30. The van der Waals surface area contributed by atoms with Gasteiger partial charge in [-0.05, 0) is 32.6 Å². The van der Waals surface area contributed by atoms with Gasteiger partial charge in [-0.25, -0.2) is 0 Å². The topological polar surface area (TPSA) is 47.6 Å². The molecule has 4 heteroatoms. The third-order valence-electron chi connectivity index (χ3n) is 2.99. The van der Waals surface area contributed by atoms with Crippen molar-refractivity contribution in [2.24, 2.45) is 5.92 Å². The molecule has 0 unspecified atom stereocenters. The van der Waals surface area contributed by atoms with E-state index in [1.165, 1.54) is 0 Å². The fourth-order valence-electron chi connectivity index (χ4n) is 2.06. The van der Waals surface area contributed by atoms with E-state index < -0.39 is 0 Å². The third kappa shape index (κ3) is 6.17. The number of carbonyl (C=O) groups excluding carboxylic acids is 1. The highest BCUT2D eigenvalue weighted by atomic mass is 16.5. The molecule has 1 aliphatic carbocycles. The number of carbonyl (C=O) groups is 1. The van der Waals surface area contributed by atoms with Crippen LogP contribution < -0.4 is 5.32 Å². The summed E-state index contributed by atoms with van der Waals surface area (Å²) in [6, 6.07) is 0. The van der Waals surface area contributed by atoms with Gasteiger partial charge in [-0.1, -0.05) is 12.2 Å². The molecule has 0 bridgehead atoms. The number of amides is 1. The van der Waals surface area contributed by atoms with E-state index in [0.717, 1.165) is 25.0 Å². The van der Waals surface area contributed by atoms with Crippen LogP contribution in [0, 0.1) is 5.92 Å². The van der Waals surface area contributed by atoms with Crippen molar-refractivity contribution in [3.8, 4) is 0 Å². The molecule has 0 aromatic carbocycles. The zero-order valence-corrected chi connectivity index (χ0v) is 11.5. The van der Waals surface area contributed by atoms with Gasteiger partial charge in [-0.3, -0.25) is 4.79 Å². The normalized spacial score (nSPS) is 22.3. The van der Waals surface area contributed by atoms with Gasteiger partial charge >= 0.3 is 0 Å². The predicted octanol–water partition coefficient (Wildman–Crippen LogP) is 1.90. The molecule has 1 amide bonds. The molecular formula is C14H25NO3. The first kappa shape index (κ1) is 15.2. The van der Waals surface area contributed by atoms with Crippen molar-refractivity contribution in [2.75, 3.05) is 26.4 Å². The lowest BCUT2D eigenvalue weighted by molar-refractivity contribution is -0.124. The van der Waals surface area contributed by atoms with Crippen molar-refractivity contribution >= 4 is 5.91 Å². The summed E-state index contributed by atoms with van der Waals surface area (Å²) in [6.45, 7) is 10.1. The molecule has 0 heterocycles. The van der Waals surface area contributed by atoms with E-state index in [1.54, 1.807) is 0 Å². The minimum atomic E-state index is 0.119. The quantitative estimate of drug-likeness (QED) is 0.505. The monoisotopic (exact) mass is 255 g/mol. The third-order valence-corrected chi connectivity index (χ3v) is 2.99. The molecule has 4 nitrogen and oxygen atoms in total. The standard InChI is InChI=1S/C14H25NO3/c1-4-18-13-7-12(8-13)9-14(16)15-5-6-17-10-11(2)3/h12-13H,2,4-10H2,1,3H3,(H,15,16). The van der Waals surface area contributed by atoms with E-state index in [4.69, 9.17) is 9.47 Å². The molecule has 0 radical (unpaired) electrons. The first-order chi connectivity index (χ1) is 8.61. The summed E-state index contributed by atoms with van der Waals surface area (Å²) in [6.07, 6.45) is 3.04. The van der Waals surface area contributed by atoms with Gasteiger partial charge in [-0.15, -0.1) is 0 Å². The summed E-state index contributed by atoms with van der Waals surface area (Å²) in [4.78, 5) is 11.6. The van der Waals surface area contributed by atoms with Crippen LogP contribution in [0.15, 0.2) is 12.2 Å². The van der Waals surface area contributed by atoms with Gasteiger partial charge in [0.2, 0.25) is 5.91 Å². The average molecular weight is 255 g/mol. The first-order valence-corrected chi connectivity index (χ1v) is 6.72. The number of rotatable bonds is 9. The Morgan fingerprint density at radius 1 is 1.44 bits per heavy atom. The maximum atomic E-state index is 11.6. The number of ether oxygens (including phenoxy) is 2. The molecule has 104 valence electrons. The predicted molar refractivity (Wildman–Crippen MR) is 71.4 cm³/mol. The second-order valence-corrected chi connectivity index (χ2v) is 4.98. The fourth-order valence-corrected chi connectivity index (χ4v) is 2.06. The summed E-state index contributed by atoms with van der Waals surface area (Å²) >= 11 is 0. The Morgan fingerprint density at radius 3 is 2.78 bits per heavy atom. The number of nitrogens with one attached hydrogen (secondary N) is 1. The van der Waals surface area contributed by atoms with Crippen LogP contribution in [-0.4, -0.2) is 38.4 Å². The Balaban J connectivity index is 1.94. The Bertz CT molecular complexity index is 272. The van der Waals surface area contributed by atoms with Crippen LogP contribution in [0.2, 0.25) is 0 Å². The van der Waals surface area contributed by atoms with Crippen molar-refractivity contribution in [3.05, 3.63) is 12.2 Å². The molecular weight excluding hydrogens is 230 g/mol. The molecule has 1 fully saturated rings. The Kier molecular flexibility index (Phi) is 6.98. The van der Waals surface area contributed by atoms with Crippen LogP contribution in [0.5, 0.6) is 0 Å². The number of hydrogen-bond acceptors (Lipinski definition) is 3. The van der Waals surface area contributed by atoms with Gasteiger partial charge in [0, 0.05) is 19.6 Å². The van der Waals surface area contributed by atoms with Crippen LogP contribution in [0.25, 0.3) is 0 Å². The van der Waals surface area contributed by atoms with Gasteiger partial charge in [0.15, 0.2) is 0 Å². The van der Waals surface area contributed by atoms with E-state index in [9.17, 15) is 4.79 Å². The largest absolute Gasteiger partial charge is 0.378 e. The molecule has 1 N–H and O–H groups in total. The van der Waals surface area contributed by atoms with Gasteiger partial charge in [0.1, 0.15) is 0 Å². The molecule has 0 spiro atoms.